The molecule has 2 rings (SSSR count). The van der Waals surface area contributed by atoms with E-state index in [1.807, 2.05) is 38.1 Å². The molecular weight excluding hydrogens is 292 g/mol. The molecule has 1 amide bonds. The molecule has 0 spiro atoms. The van der Waals surface area contributed by atoms with Crippen LogP contribution >= 0.6 is 0 Å². The van der Waals surface area contributed by atoms with Gasteiger partial charge in [-0.15, -0.1) is 0 Å². The van der Waals surface area contributed by atoms with Gasteiger partial charge in [-0.1, -0.05) is 32.0 Å². The van der Waals surface area contributed by atoms with E-state index in [9.17, 15) is 9.59 Å². The molecule has 1 aromatic carbocycles. The molecule has 1 atom stereocenters. The third-order valence-electron chi connectivity index (χ3n) is 3.44. The van der Waals surface area contributed by atoms with Crippen molar-refractivity contribution >= 4 is 22.8 Å². The van der Waals surface area contributed by atoms with Gasteiger partial charge in [-0.05, 0) is 31.4 Å². The number of hydrogen-bond donors (Lipinski definition) is 1. The fourth-order valence-electron chi connectivity index (χ4n) is 2.37. The van der Waals surface area contributed by atoms with E-state index < -0.39 is 12.0 Å². The SMILES string of the molecule is CCOC(=O)[C@H](CC(C)C)NC(=O)c1cnc2ccccc2c1. The van der Waals surface area contributed by atoms with Gasteiger partial charge >= 0.3 is 5.97 Å². The molecule has 1 N–H and O–H groups in total. The first-order valence-electron chi connectivity index (χ1n) is 7.83. The Labute approximate surface area is 136 Å². The number of para-hydroxylation sites is 1. The molecular formula is C18H22N2O3. The number of nitrogens with one attached hydrogen (secondary N) is 1. The number of ether oxygens (including phenoxy) is 1. The molecule has 1 aromatic heterocycles. The van der Waals surface area contributed by atoms with Crippen LogP contribution in [0, 0.1) is 5.92 Å². The van der Waals surface area contributed by atoms with Gasteiger partial charge in [-0.3, -0.25) is 9.78 Å². The van der Waals surface area contributed by atoms with E-state index in [4.69, 9.17) is 4.74 Å². The Morgan fingerprint density at radius 3 is 2.70 bits per heavy atom. The summed E-state index contributed by atoms with van der Waals surface area (Å²) < 4.78 is 5.04. The molecule has 2 aromatic rings. The number of carbonyl (C=O) groups is 2. The van der Waals surface area contributed by atoms with Crippen LogP contribution in [0.2, 0.25) is 0 Å². The summed E-state index contributed by atoms with van der Waals surface area (Å²) in [5.74, 6) is -0.454. The summed E-state index contributed by atoms with van der Waals surface area (Å²) in [4.78, 5) is 28.7. The lowest BCUT2D eigenvalue weighted by Gasteiger charge is -2.19. The Balaban J connectivity index is 2.17. The zero-order valence-corrected chi connectivity index (χ0v) is 13.7. The number of hydrogen-bond acceptors (Lipinski definition) is 4. The van der Waals surface area contributed by atoms with Crippen LogP contribution in [-0.2, 0) is 9.53 Å². The van der Waals surface area contributed by atoms with E-state index in [1.54, 1.807) is 13.0 Å². The third kappa shape index (κ3) is 4.52. The van der Waals surface area contributed by atoms with Crippen LogP contribution < -0.4 is 5.32 Å². The molecule has 0 aliphatic carbocycles. The predicted molar refractivity (Wildman–Crippen MR) is 89.1 cm³/mol. The molecule has 5 nitrogen and oxygen atoms in total. The highest BCUT2D eigenvalue weighted by atomic mass is 16.5. The third-order valence-corrected chi connectivity index (χ3v) is 3.44. The van der Waals surface area contributed by atoms with E-state index >= 15 is 0 Å². The van der Waals surface area contributed by atoms with Crippen molar-refractivity contribution in [2.24, 2.45) is 5.92 Å². The highest BCUT2D eigenvalue weighted by Crippen LogP contribution is 2.13. The molecule has 0 fully saturated rings. The Bertz CT molecular complexity index is 697. The van der Waals surface area contributed by atoms with Gasteiger partial charge < -0.3 is 10.1 Å². The lowest BCUT2D eigenvalue weighted by Crippen LogP contribution is -2.42. The number of benzene rings is 1. The van der Waals surface area contributed by atoms with Crippen LogP contribution in [0.3, 0.4) is 0 Å². The lowest BCUT2D eigenvalue weighted by atomic mass is 10.0. The Morgan fingerprint density at radius 1 is 1.26 bits per heavy atom. The van der Waals surface area contributed by atoms with Crippen LogP contribution in [0.5, 0.6) is 0 Å². The van der Waals surface area contributed by atoms with Gasteiger partial charge in [0.25, 0.3) is 5.91 Å². The van der Waals surface area contributed by atoms with Gasteiger partial charge in [0.2, 0.25) is 0 Å². The first-order chi connectivity index (χ1) is 11.0. The standard InChI is InChI=1S/C18H22N2O3/c1-4-23-18(22)16(9-12(2)3)20-17(21)14-10-13-7-5-6-8-15(13)19-11-14/h5-8,10-12,16H,4,9H2,1-3H3,(H,20,21)/t16-/m0/s1. The maximum atomic E-state index is 12.4. The van der Waals surface area contributed by atoms with Crippen LogP contribution in [0.25, 0.3) is 10.9 Å². The van der Waals surface area contributed by atoms with Crippen molar-refractivity contribution in [1.29, 1.82) is 0 Å². The Hall–Kier alpha value is -2.43. The quantitative estimate of drug-likeness (QED) is 0.832. The molecule has 0 bridgehead atoms. The smallest absolute Gasteiger partial charge is 0.328 e. The molecule has 0 saturated carbocycles. The van der Waals surface area contributed by atoms with Crippen molar-refractivity contribution in [1.82, 2.24) is 10.3 Å². The number of amides is 1. The second-order valence-electron chi connectivity index (χ2n) is 5.82. The number of pyridine rings is 1. The van der Waals surface area contributed by atoms with E-state index in [2.05, 4.69) is 10.3 Å². The molecule has 5 heteroatoms. The minimum absolute atomic E-state index is 0.263. The fraction of sp³-hybridized carbons (Fsp3) is 0.389. The molecule has 0 unspecified atom stereocenters. The normalized spacial score (nSPS) is 12.2. The Kier molecular flexibility index (Phi) is 5.68. The highest BCUT2D eigenvalue weighted by molar-refractivity contribution is 5.99. The van der Waals surface area contributed by atoms with Crippen molar-refractivity contribution in [3.8, 4) is 0 Å². The molecule has 122 valence electrons. The summed E-state index contributed by atoms with van der Waals surface area (Å²) in [6.07, 6.45) is 2.06. The summed E-state index contributed by atoms with van der Waals surface area (Å²) >= 11 is 0. The lowest BCUT2D eigenvalue weighted by molar-refractivity contribution is -0.145. The van der Waals surface area contributed by atoms with Crippen LogP contribution in [0.15, 0.2) is 36.5 Å². The van der Waals surface area contributed by atoms with Gasteiger partial charge in [0.05, 0.1) is 17.7 Å². The maximum absolute atomic E-state index is 12.4. The van der Waals surface area contributed by atoms with E-state index in [0.29, 0.717) is 18.6 Å². The molecule has 0 aliphatic heterocycles. The van der Waals surface area contributed by atoms with E-state index in [-0.39, 0.29) is 11.8 Å². The fourth-order valence-corrected chi connectivity index (χ4v) is 2.37. The summed E-state index contributed by atoms with van der Waals surface area (Å²) in [5.41, 5.74) is 1.26. The van der Waals surface area contributed by atoms with Gasteiger partial charge in [0.1, 0.15) is 6.04 Å². The summed E-state index contributed by atoms with van der Waals surface area (Å²) in [7, 11) is 0. The Morgan fingerprint density at radius 2 is 2.00 bits per heavy atom. The number of nitrogens with zero attached hydrogens (tertiary/aromatic N) is 1. The highest BCUT2D eigenvalue weighted by Gasteiger charge is 2.23. The van der Waals surface area contributed by atoms with Crippen LogP contribution in [0.4, 0.5) is 0 Å². The molecule has 1 heterocycles. The zero-order valence-electron chi connectivity index (χ0n) is 13.7. The number of carbonyl (C=O) groups excluding carboxylic acids is 2. The van der Waals surface area contributed by atoms with Crippen molar-refractivity contribution in [2.45, 2.75) is 33.2 Å². The summed E-state index contributed by atoms with van der Waals surface area (Å²) in [6, 6.07) is 8.71. The largest absolute Gasteiger partial charge is 0.464 e. The molecule has 0 aliphatic rings. The predicted octanol–water partition coefficient (Wildman–Crippen LogP) is 2.94. The summed E-state index contributed by atoms with van der Waals surface area (Å²) in [5, 5.41) is 3.65. The number of aromatic nitrogens is 1. The van der Waals surface area contributed by atoms with E-state index in [1.165, 1.54) is 6.20 Å². The van der Waals surface area contributed by atoms with E-state index in [0.717, 1.165) is 10.9 Å². The van der Waals surface area contributed by atoms with Crippen molar-refractivity contribution in [2.75, 3.05) is 6.61 Å². The zero-order chi connectivity index (χ0) is 16.8. The van der Waals surface area contributed by atoms with Gasteiger partial charge in [0.15, 0.2) is 0 Å². The number of esters is 1. The number of fused-ring (bicyclic) bond motifs is 1. The van der Waals surface area contributed by atoms with Crippen molar-refractivity contribution in [3.63, 3.8) is 0 Å². The minimum Gasteiger partial charge on any atom is -0.464 e. The second-order valence-corrected chi connectivity index (χ2v) is 5.82. The average molecular weight is 314 g/mol. The minimum atomic E-state index is -0.645. The first kappa shape index (κ1) is 16.9. The van der Waals surface area contributed by atoms with Crippen LogP contribution in [0.1, 0.15) is 37.6 Å². The van der Waals surface area contributed by atoms with Gasteiger partial charge in [-0.2, -0.15) is 0 Å². The van der Waals surface area contributed by atoms with Gasteiger partial charge in [0, 0.05) is 11.6 Å². The first-order valence-corrected chi connectivity index (χ1v) is 7.83. The van der Waals surface area contributed by atoms with Crippen LogP contribution in [-0.4, -0.2) is 29.5 Å². The second kappa shape index (κ2) is 7.72. The summed E-state index contributed by atoms with van der Waals surface area (Å²) in [6.45, 7) is 6.03. The maximum Gasteiger partial charge on any atom is 0.328 e. The monoisotopic (exact) mass is 314 g/mol. The van der Waals surface area contributed by atoms with Gasteiger partial charge in [-0.25, -0.2) is 4.79 Å². The topological polar surface area (TPSA) is 68.3 Å². The molecule has 0 radical (unpaired) electrons. The van der Waals surface area contributed by atoms with Crippen molar-refractivity contribution in [3.05, 3.63) is 42.1 Å². The number of rotatable bonds is 6. The average Bonchev–Trinajstić information content (AvgIpc) is 2.53. The molecule has 23 heavy (non-hydrogen) atoms. The van der Waals surface area contributed by atoms with Crippen molar-refractivity contribution < 1.29 is 14.3 Å². The molecule has 0 saturated heterocycles.